The molecule has 0 aromatic carbocycles. The first-order valence-corrected chi connectivity index (χ1v) is 23.0. The van der Waals surface area contributed by atoms with Crippen LogP contribution in [-0.2, 0) is 49.5 Å². The van der Waals surface area contributed by atoms with Crippen LogP contribution >= 0.6 is 23.1 Å². The van der Waals surface area contributed by atoms with Gasteiger partial charge in [0.1, 0.15) is 11.9 Å². The summed E-state index contributed by atoms with van der Waals surface area (Å²) in [5.74, 6) is -2.71. The summed E-state index contributed by atoms with van der Waals surface area (Å²) in [5, 5.41) is 26.3. The van der Waals surface area contributed by atoms with Gasteiger partial charge in [-0.3, -0.25) is 28.9 Å². The van der Waals surface area contributed by atoms with Crippen LogP contribution in [0.1, 0.15) is 116 Å². The average Bonchev–Trinajstić information content (AvgIpc) is 3.46. The number of likely N-dealkylation sites (tertiary alicyclic amines) is 1. The second kappa shape index (κ2) is 20.0. The van der Waals surface area contributed by atoms with Gasteiger partial charge in [0, 0.05) is 30.2 Å². The molecule has 1 unspecified atom stereocenters. The number of amides is 3. The second-order valence-electron chi connectivity index (χ2n) is 17.7. The molecular formula is C43H62N2O12S2. The normalized spacial score (nSPS) is 33.5. The molecule has 328 valence electrons. The summed E-state index contributed by atoms with van der Waals surface area (Å²) in [6.45, 7) is 10.7. The number of esters is 2. The Labute approximate surface area is 355 Å². The standard InChI is InChI=1S/C43H62N2O12S2/c1-24-9-8-14-43(6)34(57-43)17-31(56-36(48)19-33(46)42(4,5)38(50)26(3)37(24)49)25(2)15-28-16-30(59-22-28)20-44-41(53)55-23-54-40(52)29-12-10-27(11-13-29)21-45-35(47)18-32(58-7)39(45)51/h15-16,22,24,26-27,29,31-34,37,46,49H,8-14,17-21,23H2,1-7H3,(H,44,53)/b25-15+/t24-,26+,27?,29?,31-,32?,33-,34-,37-,43+/m0/s1. The number of aliphatic hydroxyl groups is 2. The molecule has 4 aliphatic rings. The number of carbonyl (C=O) groups is 6. The van der Waals surface area contributed by atoms with Gasteiger partial charge in [0.25, 0.3) is 0 Å². The minimum absolute atomic E-state index is 0.128. The van der Waals surface area contributed by atoms with Gasteiger partial charge in [-0.05, 0) is 93.0 Å². The first-order valence-electron chi connectivity index (χ1n) is 20.8. The number of epoxide rings is 1. The molecule has 1 saturated carbocycles. The van der Waals surface area contributed by atoms with Crippen molar-refractivity contribution >= 4 is 64.8 Å². The number of ketones is 1. The number of cyclic esters (lactones) is 1. The molecule has 5 rings (SSSR count). The molecule has 0 bridgehead atoms. The van der Waals surface area contributed by atoms with E-state index >= 15 is 0 Å². The molecule has 1 aromatic heterocycles. The number of hydrogen-bond donors (Lipinski definition) is 3. The highest BCUT2D eigenvalue weighted by Gasteiger charge is 2.53. The largest absolute Gasteiger partial charge is 0.458 e. The van der Waals surface area contributed by atoms with E-state index in [1.165, 1.54) is 28.0 Å². The number of Topliss-reactive ketones (excluding diaryl/α,β-unsaturated/α-hetero) is 1. The van der Waals surface area contributed by atoms with Crippen LogP contribution in [0.25, 0.3) is 6.08 Å². The molecule has 8 atom stereocenters. The smallest absolute Gasteiger partial charge is 0.410 e. The molecule has 3 saturated heterocycles. The van der Waals surface area contributed by atoms with Crippen LogP contribution in [0.3, 0.4) is 0 Å². The first kappa shape index (κ1) is 46.8. The highest BCUT2D eigenvalue weighted by molar-refractivity contribution is 8.00. The van der Waals surface area contributed by atoms with Crippen molar-refractivity contribution in [3.05, 3.63) is 27.5 Å². The number of ether oxygens (including phenoxy) is 4. The first-order chi connectivity index (χ1) is 27.8. The fraction of sp³-hybridized carbons (Fsp3) is 0.721. The summed E-state index contributed by atoms with van der Waals surface area (Å²) in [6.07, 6.45) is 5.04. The van der Waals surface area contributed by atoms with Crippen molar-refractivity contribution in [1.82, 2.24) is 10.2 Å². The Morgan fingerprint density at radius 2 is 1.76 bits per heavy atom. The molecular weight excluding hydrogens is 801 g/mol. The van der Waals surface area contributed by atoms with Gasteiger partial charge in [0.15, 0.2) is 0 Å². The van der Waals surface area contributed by atoms with Crippen molar-refractivity contribution < 1.29 is 57.9 Å². The van der Waals surface area contributed by atoms with Crippen LogP contribution in [0, 0.1) is 29.1 Å². The van der Waals surface area contributed by atoms with E-state index in [4.69, 9.17) is 18.9 Å². The summed E-state index contributed by atoms with van der Waals surface area (Å²) >= 11 is 2.81. The predicted octanol–water partition coefficient (Wildman–Crippen LogP) is 5.80. The lowest BCUT2D eigenvalue weighted by molar-refractivity contribution is -0.159. The molecule has 0 radical (unpaired) electrons. The number of fused-ring (bicyclic) bond motifs is 1. The maximum atomic E-state index is 13.4. The average molecular weight is 863 g/mol. The number of aliphatic hydroxyl groups excluding tert-OH is 2. The number of nitrogens with one attached hydrogen (secondary N) is 1. The van der Waals surface area contributed by atoms with E-state index in [-0.39, 0.29) is 66.1 Å². The predicted molar refractivity (Wildman–Crippen MR) is 222 cm³/mol. The quantitative estimate of drug-likeness (QED) is 0.111. The fourth-order valence-corrected chi connectivity index (χ4v) is 9.97. The minimum Gasteiger partial charge on any atom is -0.458 e. The highest BCUT2D eigenvalue weighted by Crippen LogP contribution is 2.45. The van der Waals surface area contributed by atoms with Crippen LogP contribution in [0.15, 0.2) is 17.0 Å². The van der Waals surface area contributed by atoms with Crippen molar-refractivity contribution in [3.63, 3.8) is 0 Å². The van der Waals surface area contributed by atoms with E-state index in [2.05, 4.69) is 5.32 Å². The number of nitrogens with zero attached hydrogens (tertiary/aromatic N) is 1. The lowest BCUT2D eigenvalue weighted by Crippen LogP contribution is -2.45. The Morgan fingerprint density at radius 1 is 1.05 bits per heavy atom. The highest BCUT2D eigenvalue weighted by atomic mass is 32.2. The van der Waals surface area contributed by atoms with Gasteiger partial charge in [-0.25, -0.2) is 4.79 Å². The molecule has 4 heterocycles. The molecule has 3 aliphatic heterocycles. The van der Waals surface area contributed by atoms with Crippen molar-refractivity contribution in [3.8, 4) is 0 Å². The van der Waals surface area contributed by atoms with Gasteiger partial charge in [-0.1, -0.05) is 40.2 Å². The maximum Gasteiger partial charge on any atom is 0.410 e. The number of rotatable bonds is 10. The van der Waals surface area contributed by atoms with E-state index < -0.39 is 60.1 Å². The molecule has 1 aliphatic carbocycles. The van der Waals surface area contributed by atoms with E-state index in [1.54, 1.807) is 20.8 Å². The molecule has 1 aromatic rings. The molecule has 0 spiro atoms. The Kier molecular flexibility index (Phi) is 15.9. The summed E-state index contributed by atoms with van der Waals surface area (Å²) in [4.78, 5) is 78.7. The Balaban J connectivity index is 1.09. The van der Waals surface area contributed by atoms with Crippen molar-refractivity contribution in [2.75, 3.05) is 19.6 Å². The molecule has 3 amide bonds. The Morgan fingerprint density at radius 3 is 2.44 bits per heavy atom. The van der Waals surface area contributed by atoms with Gasteiger partial charge in [0.05, 0.1) is 53.5 Å². The molecule has 14 nitrogen and oxygen atoms in total. The number of carbonyl (C=O) groups excluding carboxylic acids is 6. The Hall–Kier alpha value is -3.31. The van der Waals surface area contributed by atoms with Crippen molar-refractivity contribution in [2.45, 2.75) is 148 Å². The third-order valence-corrected chi connectivity index (χ3v) is 14.8. The fourth-order valence-electron chi connectivity index (χ4n) is 8.55. The molecule has 16 heteroatoms. The monoisotopic (exact) mass is 862 g/mol. The number of thioether (sulfide) groups is 1. The van der Waals surface area contributed by atoms with Crippen LogP contribution < -0.4 is 5.32 Å². The number of alkyl carbamates (subject to hydrolysis) is 1. The maximum absolute atomic E-state index is 13.4. The van der Waals surface area contributed by atoms with E-state index in [9.17, 15) is 39.0 Å². The topological polar surface area (TPSA) is 198 Å². The molecule has 59 heavy (non-hydrogen) atoms. The van der Waals surface area contributed by atoms with E-state index in [1.807, 2.05) is 44.5 Å². The van der Waals surface area contributed by atoms with Crippen LogP contribution in [0.4, 0.5) is 4.79 Å². The van der Waals surface area contributed by atoms with Gasteiger partial charge < -0.3 is 34.5 Å². The summed E-state index contributed by atoms with van der Waals surface area (Å²) in [7, 11) is 0. The van der Waals surface area contributed by atoms with Crippen LogP contribution in [0.2, 0.25) is 0 Å². The number of hydrogen-bond acceptors (Lipinski definition) is 14. The van der Waals surface area contributed by atoms with Crippen molar-refractivity contribution in [2.24, 2.45) is 29.1 Å². The molecule has 4 fully saturated rings. The van der Waals surface area contributed by atoms with Gasteiger partial charge >= 0.3 is 18.0 Å². The third kappa shape index (κ3) is 12.0. The zero-order chi connectivity index (χ0) is 43.2. The van der Waals surface area contributed by atoms with E-state index in [0.717, 1.165) is 28.9 Å². The zero-order valence-corrected chi connectivity index (χ0v) is 37.0. The van der Waals surface area contributed by atoms with Crippen LogP contribution in [-0.4, -0.2) is 106 Å². The number of thiophene rings is 1. The summed E-state index contributed by atoms with van der Waals surface area (Å²) in [6, 6.07) is 1.89. The molecule has 3 N–H and O–H groups in total. The lowest BCUT2D eigenvalue weighted by Gasteiger charge is -2.34. The third-order valence-electron chi connectivity index (χ3n) is 12.9. The number of imide groups is 1. The van der Waals surface area contributed by atoms with Gasteiger partial charge in [0.2, 0.25) is 18.6 Å². The Bertz CT molecular complexity index is 1740. The second-order valence-corrected chi connectivity index (χ2v) is 19.7. The summed E-state index contributed by atoms with van der Waals surface area (Å²) in [5.41, 5.74) is -0.0876. The minimum atomic E-state index is -1.31. The van der Waals surface area contributed by atoms with Crippen molar-refractivity contribution in [1.29, 1.82) is 0 Å². The van der Waals surface area contributed by atoms with Gasteiger partial charge in [-0.2, -0.15) is 11.8 Å². The SMILES string of the molecule is CSC1CC(=O)N(CC2CCC(C(=O)OCOC(=O)NCc3cc(/C=C(\C)[C@@H]4C[C@@H]5O[C@]5(C)CCC[C@H](C)[C@H](O)[C@@H](C)C(=O)C(C)(C)[C@@H](O)CC(=O)O4)cs3)CC2)C1=O. The zero-order valence-electron chi connectivity index (χ0n) is 35.4. The lowest BCUT2D eigenvalue weighted by atomic mass is 9.73. The van der Waals surface area contributed by atoms with Crippen LogP contribution in [0.5, 0.6) is 0 Å². The summed E-state index contributed by atoms with van der Waals surface area (Å²) < 4.78 is 22.4. The van der Waals surface area contributed by atoms with E-state index in [0.29, 0.717) is 45.1 Å². The van der Waals surface area contributed by atoms with Gasteiger partial charge in [-0.15, -0.1) is 11.3 Å².